The van der Waals surface area contributed by atoms with Crippen LogP contribution in [0.25, 0.3) is 0 Å². The molecule has 0 bridgehead atoms. The number of fused-ring (bicyclic) bond motifs is 1. The Morgan fingerprint density at radius 3 is 2.45 bits per heavy atom. The van der Waals surface area contributed by atoms with Gasteiger partial charge in [0.05, 0.1) is 12.0 Å². The van der Waals surface area contributed by atoms with Gasteiger partial charge in [0, 0.05) is 17.2 Å². The van der Waals surface area contributed by atoms with Gasteiger partial charge in [0.25, 0.3) is 5.91 Å². The van der Waals surface area contributed by atoms with Crippen molar-refractivity contribution in [1.82, 2.24) is 14.9 Å². The molecule has 3 amide bonds. The molecule has 164 valence electrons. The van der Waals surface area contributed by atoms with Crippen molar-refractivity contribution in [2.24, 2.45) is 5.92 Å². The van der Waals surface area contributed by atoms with Crippen LogP contribution in [0.3, 0.4) is 0 Å². The maximum Gasteiger partial charge on any atom is 0.425 e. The van der Waals surface area contributed by atoms with Crippen molar-refractivity contribution < 1.29 is 19.1 Å². The van der Waals surface area contributed by atoms with Gasteiger partial charge in [0.15, 0.2) is 0 Å². The van der Waals surface area contributed by atoms with E-state index >= 15 is 0 Å². The summed E-state index contributed by atoms with van der Waals surface area (Å²) in [6, 6.07) is 8.46. The Balaban J connectivity index is 1.83. The predicted molar refractivity (Wildman–Crippen MR) is 125 cm³/mol. The Labute approximate surface area is 199 Å². The number of hydrazine groups is 1. The predicted octanol–water partition coefficient (Wildman–Crippen LogP) is 4.05. The van der Waals surface area contributed by atoms with E-state index in [1.165, 1.54) is 23.4 Å². The molecule has 0 saturated carbocycles. The fraction of sp³-hybridized carbons (Fsp3) is 0.409. The Hall–Kier alpha value is -1.98. The van der Waals surface area contributed by atoms with Gasteiger partial charge in [-0.1, -0.05) is 18.2 Å². The van der Waals surface area contributed by atoms with Crippen LogP contribution in [0.1, 0.15) is 37.9 Å². The van der Waals surface area contributed by atoms with E-state index in [9.17, 15) is 14.4 Å². The second-order valence-corrected chi connectivity index (χ2v) is 10.7. The molecule has 1 aromatic carbocycles. The fourth-order valence-electron chi connectivity index (χ4n) is 4.19. The van der Waals surface area contributed by atoms with E-state index < -0.39 is 29.7 Å². The highest BCUT2D eigenvalue weighted by Gasteiger charge is 2.63. The minimum atomic E-state index is -0.918. The van der Waals surface area contributed by atoms with Gasteiger partial charge in [0.2, 0.25) is 5.91 Å². The largest absolute Gasteiger partial charge is 0.443 e. The number of imide groups is 1. The van der Waals surface area contributed by atoms with Gasteiger partial charge < -0.3 is 4.74 Å². The number of ether oxygens (including phenoxy) is 1. The third kappa shape index (κ3) is 3.98. The molecule has 0 aliphatic carbocycles. The van der Waals surface area contributed by atoms with Gasteiger partial charge in [0.1, 0.15) is 11.6 Å². The van der Waals surface area contributed by atoms with Crippen molar-refractivity contribution in [2.45, 2.75) is 45.0 Å². The van der Waals surface area contributed by atoms with Crippen LogP contribution >= 0.6 is 33.9 Å². The number of likely N-dealkylation sites (tertiary alicyclic amines) is 1. The Morgan fingerprint density at radius 1 is 1.13 bits per heavy atom. The van der Waals surface area contributed by atoms with Crippen molar-refractivity contribution in [3.63, 3.8) is 0 Å². The van der Waals surface area contributed by atoms with Gasteiger partial charge >= 0.3 is 6.09 Å². The molecule has 31 heavy (non-hydrogen) atoms. The number of carbonyl (C=O) groups is 3. The molecule has 7 nitrogen and oxygen atoms in total. The molecule has 0 unspecified atom stereocenters. The number of hydrogen-bond acceptors (Lipinski definition) is 6. The molecule has 2 aliphatic heterocycles. The smallest absolute Gasteiger partial charge is 0.425 e. The van der Waals surface area contributed by atoms with Crippen LogP contribution in [0.4, 0.5) is 4.79 Å². The number of nitrogens with zero attached hydrogens (tertiary/aromatic N) is 3. The van der Waals surface area contributed by atoms with Crippen LogP contribution in [0.2, 0.25) is 0 Å². The highest BCUT2D eigenvalue weighted by molar-refractivity contribution is 14.1. The molecular weight excluding hydrogens is 529 g/mol. The Bertz CT molecular complexity index is 1020. The quantitative estimate of drug-likeness (QED) is 0.424. The molecular formula is C22H24IN3O4S. The zero-order chi connectivity index (χ0) is 22.5. The topological polar surface area (TPSA) is 70.2 Å². The summed E-state index contributed by atoms with van der Waals surface area (Å²) in [6.45, 7) is 5.73. The summed E-state index contributed by atoms with van der Waals surface area (Å²) < 4.78 is 6.72. The van der Waals surface area contributed by atoms with Gasteiger partial charge in [-0.15, -0.1) is 0 Å². The Morgan fingerprint density at radius 2 is 1.84 bits per heavy atom. The van der Waals surface area contributed by atoms with E-state index in [1.54, 1.807) is 20.8 Å². The highest BCUT2D eigenvalue weighted by atomic mass is 127. The molecule has 2 aromatic rings. The lowest BCUT2D eigenvalue weighted by atomic mass is 9.91. The minimum Gasteiger partial charge on any atom is -0.443 e. The summed E-state index contributed by atoms with van der Waals surface area (Å²) in [4.78, 5) is 40.7. The van der Waals surface area contributed by atoms with Gasteiger partial charge in [-0.3, -0.25) is 14.5 Å². The molecule has 0 spiro atoms. The lowest BCUT2D eigenvalue weighted by Crippen LogP contribution is -2.51. The molecule has 2 fully saturated rings. The molecule has 3 atom stereocenters. The van der Waals surface area contributed by atoms with Crippen molar-refractivity contribution in [2.75, 3.05) is 7.05 Å². The lowest BCUT2D eigenvalue weighted by molar-refractivity contribution is -0.144. The maximum atomic E-state index is 13.3. The van der Waals surface area contributed by atoms with Gasteiger partial charge in [-0.25, -0.2) is 14.8 Å². The summed E-state index contributed by atoms with van der Waals surface area (Å²) in [5, 5.41) is 7.13. The first-order chi connectivity index (χ1) is 14.6. The average molecular weight is 553 g/mol. The van der Waals surface area contributed by atoms with Crippen molar-refractivity contribution in [1.29, 1.82) is 0 Å². The first-order valence-electron chi connectivity index (χ1n) is 9.96. The number of rotatable bonds is 3. The molecule has 0 radical (unpaired) electrons. The van der Waals surface area contributed by atoms with E-state index in [-0.39, 0.29) is 11.8 Å². The molecule has 4 rings (SSSR count). The number of carbonyl (C=O) groups excluding carboxylic acids is 3. The molecule has 2 saturated heterocycles. The fourth-order valence-corrected chi connectivity index (χ4v) is 5.44. The van der Waals surface area contributed by atoms with Crippen LogP contribution < -0.4 is 0 Å². The number of benzene rings is 1. The van der Waals surface area contributed by atoms with Crippen LogP contribution in [0, 0.1) is 9.49 Å². The zero-order valence-electron chi connectivity index (χ0n) is 17.7. The zero-order valence-corrected chi connectivity index (χ0v) is 20.7. The van der Waals surface area contributed by atoms with Gasteiger partial charge in [-0.05, 0) is 77.4 Å². The number of thiophene rings is 1. The maximum absolute atomic E-state index is 13.3. The summed E-state index contributed by atoms with van der Waals surface area (Å²) in [5.74, 6) is -1.34. The van der Waals surface area contributed by atoms with Crippen molar-refractivity contribution in [3.05, 3.63) is 55.8 Å². The molecule has 3 heterocycles. The van der Waals surface area contributed by atoms with E-state index in [2.05, 4.69) is 22.6 Å². The highest BCUT2D eigenvalue weighted by Crippen LogP contribution is 2.47. The monoisotopic (exact) mass is 553 g/mol. The molecule has 0 N–H and O–H groups in total. The normalized spacial score (nSPS) is 24.1. The Kier molecular flexibility index (Phi) is 5.86. The van der Waals surface area contributed by atoms with Crippen molar-refractivity contribution in [3.8, 4) is 0 Å². The molecule has 9 heteroatoms. The van der Waals surface area contributed by atoms with Crippen LogP contribution in [-0.2, 0) is 20.9 Å². The van der Waals surface area contributed by atoms with Crippen LogP contribution in [-0.4, -0.2) is 51.5 Å². The molecule has 1 aromatic heterocycles. The summed E-state index contributed by atoms with van der Waals surface area (Å²) in [7, 11) is 1.48. The average Bonchev–Trinajstić information content (AvgIpc) is 3.36. The number of amides is 3. The SMILES string of the molecule is CN1C(=O)[C@H]2[C@@H](C1=O)N(C(=O)OC(C)(C)C)N(Cc1ccccc1I)[C@H]2c1ccsc1. The standard InChI is InChI=1S/C22H24IN3O4S/c1-22(2,3)30-21(29)26-18-16(19(27)24(4)20(18)28)17(14-9-10-31-12-14)25(26)11-13-7-5-6-8-15(13)23/h5-10,12,16-18H,11H2,1-4H3/t16-,17+,18+/m1/s1. The molecule has 2 aliphatic rings. The number of hydrogen-bond donors (Lipinski definition) is 0. The van der Waals surface area contributed by atoms with Crippen LogP contribution in [0.5, 0.6) is 0 Å². The summed E-state index contributed by atoms with van der Waals surface area (Å²) in [5.41, 5.74) is 1.18. The van der Waals surface area contributed by atoms with E-state index in [4.69, 9.17) is 4.74 Å². The van der Waals surface area contributed by atoms with E-state index in [1.807, 2.05) is 46.1 Å². The number of likely N-dealkylation sites (N-methyl/N-ethyl adjacent to an activating group) is 1. The lowest BCUT2D eigenvalue weighted by Gasteiger charge is -2.36. The van der Waals surface area contributed by atoms with Gasteiger partial charge in [-0.2, -0.15) is 11.3 Å². The summed E-state index contributed by atoms with van der Waals surface area (Å²) >= 11 is 3.78. The summed E-state index contributed by atoms with van der Waals surface area (Å²) in [6.07, 6.45) is -0.623. The third-order valence-electron chi connectivity index (χ3n) is 5.50. The second-order valence-electron chi connectivity index (χ2n) is 8.72. The first kappa shape index (κ1) is 22.2. The minimum absolute atomic E-state index is 0.273. The first-order valence-corrected chi connectivity index (χ1v) is 12.0. The number of halogens is 1. The van der Waals surface area contributed by atoms with Crippen molar-refractivity contribution >= 4 is 51.8 Å². The van der Waals surface area contributed by atoms with Crippen LogP contribution in [0.15, 0.2) is 41.1 Å². The van der Waals surface area contributed by atoms with E-state index in [0.717, 1.165) is 19.6 Å². The second kappa shape index (κ2) is 8.18. The third-order valence-corrected chi connectivity index (χ3v) is 7.25. The van der Waals surface area contributed by atoms with E-state index in [0.29, 0.717) is 6.54 Å².